The summed E-state index contributed by atoms with van der Waals surface area (Å²) in [6.45, 7) is 3.19. The molecule has 0 aromatic heterocycles. The Morgan fingerprint density at radius 3 is 3.00 bits per heavy atom. The van der Waals surface area contributed by atoms with Crippen LogP contribution in [0, 0.1) is 6.92 Å². The maximum Gasteiger partial charge on any atom is 0.257 e. The Morgan fingerprint density at radius 1 is 1.56 bits per heavy atom. The van der Waals surface area contributed by atoms with Gasteiger partial charge in [0.2, 0.25) is 0 Å². The van der Waals surface area contributed by atoms with E-state index in [2.05, 4.69) is 0 Å². The van der Waals surface area contributed by atoms with Crippen molar-refractivity contribution in [2.24, 2.45) is 5.73 Å². The molecule has 0 spiro atoms. The van der Waals surface area contributed by atoms with Gasteiger partial charge in [0.05, 0.1) is 19.4 Å². The van der Waals surface area contributed by atoms with E-state index in [0.717, 1.165) is 11.3 Å². The van der Waals surface area contributed by atoms with Crippen LogP contribution < -0.4 is 15.4 Å². The number of ether oxygens (including phenoxy) is 2. The minimum absolute atomic E-state index is 0.104. The summed E-state index contributed by atoms with van der Waals surface area (Å²) in [7, 11) is 1.60. The van der Waals surface area contributed by atoms with Gasteiger partial charge in [-0.15, -0.1) is 0 Å². The molecule has 18 heavy (non-hydrogen) atoms. The number of rotatable bonds is 3. The molecule has 1 aromatic carbocycles. The Balaban J connectivity index is 2.35. The van der Waals surface area contributed by atoms with Gasteiger partial charge in [0, 0.05) is 13.1 Å². The molecule has 1 fully saturated rings. The van der Waals surface area contributed by atoms with Gasteiger partial charge in [0.15, 0.2) is 0 Å². The van der Waals surface area contributed by atoms with Crippen molar-refractivity contribution >= 4 is 11.6 Å². The topological polar surface area (TPSA) is 64.8 Å². The number of nitrogens with zero attached hydrogens (tertiary/aromatic N) is 1. The van der Waals surface area contributed by atoms with E-state index in [-0.39, 0.29) is 12.5 Å². The summed E-state index contributed by atoms with van der Waals surface area (Å²) in [4.78, 5) is 13.9. The molecule has 2 rings (SSSR count). The largest absolute Gasteiger partial charge is 0.495 e. The normalized spacial score (nSPS) is 20.1. The second-order valence-corrected chi connectivity index (χ2v) is 4.26. The molecular formula is C13H18N2O3. The number of morpholine rings is 1. The van der Waals surface area contributed by atoms with Crippen LogP contribution in [0.25, 0.3) is 0 Å². The van der Waals surface area contributed by atoms with Crippen LogP contribution in [0.2, 0.25) is 0 Å². The summed E-state index contributed by atoms with van der Waals surface area (Å²) >= 11 is 0. The Morgan fingerprint density at radius 2 is 2.33 bits per heavy atom. The summed E-state index contributed by atoms with van der Waals surface area (Å²) in [6.07, 6.45) is -0.552. The zero-order valence-electron chi connectivity index (χ0n) is 10.7. The van der Waals surface area contributed by atoms with Crippen molar-refractivity contribution in [3.63, 3.8) is 0 Å². The zero-order chi connectivity index (χ0) is 13.1. The highest BCUT2D eigenvalue weighted by molar-refractivity contribution is 5.98. The van der Waals surface area contributed by atoms with Crippen LogP contribution in [0.4, 0.5) is 5.69 Å². The summed E-state index contributed by atoms with van der Waals surface area (Å²) in [5.74, 6) is 0.583. The highest BCUT2D eigenvalue weighted by Gasteiger charge is 2.30. The van der Waals surface area contributed by atoms with Crippen LogP contribution >= 0.6 is 0 Å². The zero-order valence-corrected chi connectivity index (χ0v) is 10.7. The standard InChI is InChI=1S/C13H18N2O3/c1-9-3-4-11(17-2)10(7-9)15-5-6-18-12(8-14)13(15)16/h3-4,7,12H,5-6,8,14H2,1-2H3. The molecule has 5 heteroatoms. The lowest BCUT2D eigenvalue weighted by atomic mass is 10.1. The quantitative estimate of drug-likeness (QED) is 0.857. The van der Waals surface area contributed by atoms with E-state index in [0.29, 0.717) is 18.9 Å². The van der Waals surface area contributed by atoms with E-state index in [1.807, 2.05) is 25.1 Å². The summed E-state index contributed by atoms with van der Waals surface area (Å²) in [6, 6.07) is 5.76. The second kappa shape index (κ2) is 5.37. The van der Waals surface area contributed by atoms with E-state index in [1.54, 1.807) is 12.0 Å². The molecule has 98 valence electrons. The maximum absolute atomic E-state index is 12.2. The Bertz CT molecular complexity index is 448. The van der Waals surface area contributed by atoms with Gasteiger partial charge in [-0.2, -0.15) is 0 Å². The molecule has 1 aliphatic rings. The van der Waals surface area contributed by atoms with Gasteiger partial charge >= 0.3 is 0 Å². The highest BCUT2D eigenvalue weighted by Crippen LogP contribution is 2.30. The number of hydrogen-bond donors (Lipinski definition) is 1. The first-order valence-electron chi connectivity index (χ1n) is 5.95. The lowest BCUT2D eigenvalue weighted by Crippen LogP contribution is -2.50. The van der Waals surface area contributed by atoms with Gasteiger partial charge in [0.1, 0.15) is 11.9 Å². The molecule has 0 saturated carbocycles. The lowest BCUT2D eigenvalue weighted by molar-refractivity contribution is -0.133. The monoisotopic (exact) mass is 250 g/mol. The van der Waals surface area contributed by atoms with Gasteiger partial charge in [-0.05, 0) is 24.6 Å². The molecule has 0 radical (unpaired) electrons. The highest BCUT2D eigenvalue weighted by atomic mass is 16.5. The molecule has 1 aliphatic heterocycles. The third kappa shape index (κ3) is 2.32. The molecule has 1 saturated heterocycles. The Hall–Kier alpha value is -1.59. The number of amides is 1. The predicted octanol–water partition coefficient (Wildman–Crippen LogP) is 0.694. The number of nitrogens with two attached hydrogens (primary N) is 1. The molecule has 5 nitrogen and oxygen atoms in total. The minimum atomic E-state index is -0.552. The van der Waals surface area contributed by atoms with Crippen molar-refractivity contribution in [2.45, 2.75) is 13.0 Å². The molecule has 1 aromatic rings. The number of carbonyl (C=O) groups excluding carboxylic acids is 1. The number of methoxy groups -OCH3 is 1. The minimum Gasteiger partial charge on any atom is -0.495 e. The molecule has 0 bridgehead atoms. The first kappa shape index (κ1) is 12.9. The average molecular weight is 250 g/mol. The first-order valence-corrected chi connectivity index (χ1v) is 5.95. The molecule has 1 amide bonds. The molecular weight excluding hydrogens is 232 g/mol. The summed E-state index contributed by atoms with van der Waals surface area (Å²) < 4.78 is 10.6. The van der Waals surface area contributed by atoms with E-state index in [1.165, 1.54) is 0 Å². The fourth-order valence-electron chi connectivity index (χ4n) is 2.06. The summed E-state index contributed by atoms with van der Waals surface area (Å²) in [5, 5.41) is 0. The van der Waals surface area contributed by atoms with E-state index >= 15 is 0 Å². The van der Waals surface area contributed by atoms with Crippen molar-refractivity contribution in [2.75, 3.05) is 31.7 Å². The molecule has 1 heterocycles. The number of carbonyl (C=O) groups is 1. The predicted molar refractivity (Wildman–Crippen MR) is 68.9 cm³/mol. The SMILES string of the molecule is COc1ccc(C)cc1N1CCOC(CN)C1=O. The van der Waals surface area contributed by atoms with Gasteiger partial charge in [-0.25, -0.2) is 0 Å². The second-order valence-electron chi connectivity index (χ2n) is 4.26. The molecule has 1 unspecified atom stereocenters. The van der Waals surface area contributed by atoms with Crippen molar-refractivity contribution < 1.29 is 14.3 Å². The Labute approximate surface area is 106 Å². The van der Waals surface area contributed by atoms with E-state index in [4.69, 9.17) is 15.2 Å². The van der Waals surface area contributed by atoms with Crippen molar-refractivity contribution in [1.29, 1.82) is 0 Å². The average Bonchev–Trinajstić information content (AvgIpc) is 2.39. The smallest absolute Gasteiger partial charge is 0.257 e. The van der Waals surface area contributed by atoms with Gasteiger partial charge in [0.25, 0.3) is 5.91 Å². The third-order valence-corrected chi connectivity index (χ3v) is 3.01. The molecule has 0 aliphatic carbocycles. The number of aryl methyl sites for hydroxylation is 1. The van der Waals surface area contributed by atoms with Crippen molar-refractivity contribution in [1.82, 2.24) is 0 Å². The van der Waals surface area contributed by atoms with Gasteiger partial charge in [-0.3, -0.25) is 4.79 Å². The van der Waals surface area contributed by atoms with E-state index in [9.17, 15) is 4.79 Å². The van der Waals surface area contributed by atoms with Crippen LogP contribution in [0.15, 0.2) is 18.2 Å². The van der Waals surface area contributed by atoms with Gasteiger partial charge < -0.3 is 20.1 Å². The van der Waals surface area contributed by atoms with E-state index < -0.39 is 6.10 Å². The first-order chi connectivity index (χ1) is 8.67. The van der Waals surface area contributed by atoms with Crippen LogP contribution in [-0.2, 0) is 9.53 Å². The number of hydrogen-bond acceptors (Lipinski definition) is 4. The number of benzene rings is 1. The van der Waals surface area contributed by atoms with Crippen molar-refractivity contribution in [3.05, 3.63) is 23.8 Å². The van der Waals surface area contributed by atoms with Crippen LogP contribution in [0.5, 0.6) is 5.75 Å². The molecule has 2 N–H and O–H groups in total. The lowest BCUT2D eigenvalue weighted by Gasteiger charge is -2.32. The van der Waals surface area contributed by atoms with Crippen LogP contribution in [0.1, 0.15) is 5.56 Å². The van der Waals surface area contributed by atoms with Crippen LogP contribution in [-0.4, -0.2) is 38.8 Å². The fourth-order valence-corrected chi connectivity index (χ4v) is 2.06. The fraction of sp³-hybridized carbons (Fsp3) is 0.462. The van der Waals surface area contributed by atoms with Gasteiger partial charge in [-0.1, -0.05) is 6.07 Å². The maximum atomic E-state index is 12.2. The number of anilines is 1. The molecule has 1 atom stereocenters. The van der Waals surface area contributed by atoms with Crippen LogP contribution in [0.3, 0.4) is 0 Å². The van der Waals surface area contributed by atoms with Crippen molar-refractivity contribution in [3.8, 4) is 5.75 Å². The third-order valence-electron chi connectivity index (χ3n) is 3.01. The Kier molecular flexibility index (Phi) is 3.84. The summed E-state index contributed by atoms with van der Waals surface area (Å²) in [5.41, 5.74) is 7.39.